The van der Waals surface area contributed by atoms with Crippen LogP contribution in [-0.2, 0) is 19.1 Å². The molecule has 11 heteroatoms. The van der Waals surface area contributed by atoms with Gasteiger partial charge in [0.2, 0.25) is 12.7 Å². The number of nitrogens with zero attached hydrogens (tertiary/aromatic N) is 2. The molecule has 0 saturated heterocycles. The van der Waals surface area contributed by atoms with Gasteiger partial charge in [-0.25, -0.2) is 14.6 Å². The van der Waals surface area contributed by atoms with Gasteiger partial charge >= 0.3 is 12.1 Å². The molecule has 1 atom stereocenters. The van der Waals surface area contributed by atoms with Crippen molar-refractivity contribution in [3.05, 3.63) is 64.2 Å². The van der Waals surface area contributed by atoms with E-state index in [1.807, 2.05) is 19.9 Å². The number of ether oxygens (including phenoxy) is 3. The zero-order valence-corrected chi connectivity index (χ0v) is 26.0. The number of carbonyl (C=O) groups is 5. The van der Waals surface area contributed by atoms with Crippen molar-refractivity contribution in [2.24, 2.45) is 5.92 Å². The van der Waals surface area contributed by atoms with E-state index in [4.69, 9.17) is 14.2 Å². The summed E-state index contributed by atoms with van der Waals surface area (Å²) >= 11 is 0. The number of esters is 1. The second-order valence-corrected chi connectivity index (χ2v) is 11.3. The van der Waals surface area contributed by atoms with Gasteiger partial charge in [-0.15, -0.1) is 5.01 Å². The lowest BCUT2D eigenvalue weighted by molar-refractivity contribution is -0.158. The SMILES string of the molecule is COc1cccc(C(=O)N(C(=O)OCOC(=O)C(NC(C)=O)C(C)C)N(C(=O)c2cc(C)cc(C)c2)C(C)(C)C)c1C. The van der Waals surface area contributed by atoms with Crippen molar-refractivity contribution in [3.63, 3.8) is 0 Å². The Kier molecular flexibility index (Phi) is 11.2. The lowest BCUT2D eigenvalue weighted by Gasteiger charge is -2.41. The number of aryl methyl sites for hydroxylation is 2. The van der Waals surface area contributed by atoms with E-state index in [1.165, 1.54) is 20.1 Å². The molecule has 0 aliphatic rings. The predicted octanol–water partition coefficient (Wildman–Crippen LogP) is 4.72. The monoisotopic (exact) mass is 583 g/mol. The summed E-state index contributed by atoms with van der Waals surface area (Å²) in [5.41, 5.74) is 1.34. The van der Waals surface area contributed by atoms with Gasteiger partial charge in [0.1, 0.15) is 11.8 Å². The second-order valence-electron chi connectivity index (χ2n) is 11.3. The summed E-state index contributed by atoms with van der Waals surface area (Å²) in [6.45, 7) is 14.1. The molecule has 0 saturated carbocycles. The Morgan fingerprint density at radius 2 is 1.50 bits per heavy atom. The van der Waals surface area contributed by atoms with Crippen molar-refractivity contribution in [1.82, 2.24) is 15.3 Å². The maximum Gasteiger partial charge on any atom is 0.439 e. The molecule has 0 bridgehead atoms. The number of nitrogens with one attached hydrogen (secondary N) is 1. The van der Waals surface area contributed by atoms with Gasteiger partial charge in [-0.2, -0.15) is 0 Å². The number of carbonyl (C=O) groups excluding carboxylic acids is 5. The van der Waals surface area contributed by atoms with Crippen LogP contribution in [0, 0.1) is 26.7 Å². The lowest BCUT2D eigenvalue weighted by atomic mass is 10.0. The molecule has 0 aliphatic carbocycles. The van der Waals surface area contributed by atoms with Gasteiger partial charge < -0.3 is 19.5 Å². The molecule has 11 nitrogen and oxygen atoms in total. The lowest BCUT2D eigenvalue weighted by Crippen LogP contribution is -2.60. The smallest absolute Gasteiger partial charge is 0.439 e. The van der Waals surface area contributed by atoms with Crippen molar-refractivity contribution in [1.29, 1.82) is 0 Å². The Morgan fingerprint density at radius 1 is 0.905 bits per heavy atom. The Bertz CT molecular complexity index is 1330. The van der Waals surface area contributed by atoms with Crippen molar-refractivity contribution >= 4 is 29.8 Å². The largest absolute Gasteiger partial charge is 0.496 e. The number of rotatable bonds is 8. The highest BCUT2D eigenvalue weighted by Gasteiger charge is 2.42. The summed E-state index contributed by atoms with van der Waals surface area (Å²) in [6, 6.07) is 9.00. The quantitative estimate of drug-likeness (QED) is 0.268. The molecular weight excluding hydrogens is 542 g/mol. The standard InChI is InChI=1S/C31H41N3O8/c1-18(2)26(32-22(6)35)29(38)41-17-42-30(39)33(28(37)24-12-11-13-25(40-10)21(24)5)34(31(7,8)9)27(36)23-15-19(3)14-20(4)16-23/h11-16,18,26H,17H2,1-10H3,(H,32,35). The topological polar surface area (TPSA) is 132 Å². The van der Waals surface area contributed by atoms with E-state index >= 15 is 0 Å². The normalized spacial score (nSPS) is 11.8. The minimum absolute atomic E-state index is 0.0938. The van der Waals surface area contributed by atoms with E-state index in [0.717, 1.165) is 16.1 Å². The number of hydrazine groups is 1. The van der Waals surface area contributed by atoms with E-state index in [2.05, 4.69) is 5.32 Å². The van der Waals surface area contributed by atoms with Gasteiger partial charge in [0.25, 0.3) is 11.8 Å². The molecule has 0 aliphatic heterocycles. The molecular formula is C31H41N3O8. The zero-order valence-electron chi connectivity index (χ0n) is 26.0. The molecule has 42 heavy (non-hydrogen) atoms. The van der Waals surface area contributed by atoms with E-state index in [0.29, 0.717) is 16.3 Å². The van der Waals surface area contributed by atoms with Crippen LogP contribution in [0.25, 0.3) is 0 Å². The first-order chi connectivity index (χ1) is 19.5. The summed E-state index contributed by atoms with van der Waals surface area (Å²) in [6.07, 6.45) is -1.25. The van der Waals surface area contributed by atoms with E-state index in [9.17, 15) is 24.0 Å². The van der Waals surface area contributed by atoms with Crippen LogP contribution in [0.2, 0.25) is 0 Å². The van der Waals surface area contributed by atoms with Gasteiger partial charge in [-0.05, 0) is 71.7 Å². The van der Waals surface area contributed by atoms with Crippen LogP contribution < -0.4 is 10.1 Å². The number of hydrogen-bond donors (Lipinski definition) is 1. The molecule has 0 heterocycles. The molecule has 2 aromatic carbocycles. The number of benzene rings is 2. The zero-order chi connectivity index (χ0) is 31.9. The molecule has 2 aromatic rings. The fourth-order valence-electron chi connectivity index (χ4n) is 4.36. The highest BCUT2D eigenvalue weighted by molar-refractivity contribution is 6.07. The minimum Gasteiger partial charge on any atom is -0.496 e. The number of methoxy groups -OCH3 is 1. The van der Waals surface area contributed by atoms with Crippen molar-refractivity contribution < 1.29 is 38.2 Å². The average molecular weight is 584 g/mol. The highest BCUT2D eigenvalue weighted by Crippen LogP contribution is 2.27. The number of imide groups is 1. The summed E-state index contributed by atoms with van der Waals surface area (Å²) in [5, 5.41) is 4.14. The average Bonchev–Trinajstić information content (AvgIpc) is 2.88. The van der Waals surface area contributed by atoms with Gasteiger partial charge in [-0.1, -0.05) is 37.1 Å². The van der Waals surface area contributed by atoms with Crippen LogP contribution in [0.4, 0.5) is 4.79 Å². The molecule has 1 unspecified atom stereocenters. The summed E-state index contributed by atoms with van der Waals surface area (Å²) in [5.74, 6) is -2.63. The van der Waals surface area contributed by atoms with Crippen molar-refractivity contribution in [2.75, 3.05) is 13.9 Å². The Hall–Kier alpha value is -4.41. The number of amides is 4. The van der Waals surface area contributed by atoms with E-state index in [-0.39, 0.29) is 17.0 Å². The van der Waals surface area contributed by atoms with Crippen LogP contribution >= 0.6 is 0 Å². The van der Waals surface area contributed by atoms with E-state index < -0.39 is 48.2 Å². The molecule has 4 amide bonds. The summed E-state index contributed by atoms with van der Waals surface area (Å²) in [7, 11) is 1.45. The van der Waals surface area contributed by atoms with Gasteiger partial charge in [-0.3, -0.25) is 14.4 Å². The molecule has 0 spiro atoms. The van der Waals surface area contributed by atoms with Gasteiger partial charge in [0.15, 0.2) is 0 Å². The van der Waals surface area contributed by atoms with Gasteiger partial charge in [0, 0.05) is 23.6 Å². The molecule has 0 aromatic heterocycles. The maximum atomic E-state index is 14.1. The minimum atomic E-state index is -1.25. The third-order valence-electron chi connectivity index (χ3n) is 6.26. The van der Waals surface area contributed by atoms with E-state index in [1.54, 1.807) is 65.8 Å². The van der Waals surface area contributed by atoms with Crippen LogP contribution in [0.15, 0.2) is 36.4 Å². The fraction of sp³-hybridized carbons (Fsp3) is 0.452. The van der Waals surface area contributed by atoms with Crippen LogP contribution in [0.3, 0.4) is 0 Å². The fourth-order valence-corrected chi connectivity index (χ4v) is 4.36. The maximum absolute atomic E-state index is 14.1. The Morgan fingerprint density at radius 3 is 2.00 bits per heavy atom. The summed E-state index contributed by atoms with van der Waals surface area (Å²) in [4.78, 5) is 65.8. The number of hydrogen-bond acceptors (Lipinski definition) is 8. The molecule has 0 radical (unpaired) electrons. The third-order valence-corrected chi connectivity index (χ3v) is 6.26. The van der Waals surface area contributed by atoms with Crippen molar-refractivity contribution in [3.8, 4) is 5.75 Å². The van der Waals surface area contributed by atoms with Crippen molar-refractivity contribution in [2.45, 2.75) is 73.9 Å². The van der Waals surface area contributed by atoms with Gasteiger partial charge in [0.05, 0.1) is 12.6 Å². The molecule has 228 valence electrons. The van der Waals surface area contributed by atoms with Crippen LogP contribution in [0.1, 0.15) is 78.9 Å². The molecule has 2 rings (SSSR count). The molecule has 0 fully saturated rings. The Balaban J connectivity index is 2.54. The second kappa shape index (κ2) is 14.0. The predicted molar refractivity (Wildman–Crippen MR) is 156 cm³/mol. The first-order valence-corrected chi connectivity index (χ1v) is 13.5. The highest BCUT2D eigenvalue weighted by atomic mass is 16.7. The summed E-state index contributed by atoms with van der Waals surface area (Å²) < 4.78 is 15.7. The third kappa shape index (κ3) is 8.31. The first-order valence-electron chi connectivity index (χ1n) is 13.5. The van der Waals surface area contributed by atoms with Crippen LogP contribution in [0.5, 0.6) is 5.75 Å². The van der Waals surface area contributed by atoms with Crippen LogP contribution in [-0.4, -0.2) is 65.3 Å². The molecule has 1 N–H and O–H groups in total. The first kappa shape index (κ1) is 33.8. The Labute approximate surface area is 247 Å².